The van der Waals surface area contributed by atoms with E-state index in [0.717, 1.165) is 31.6 Å². The van der Waals surface area contributed by atoms with Crippen molar-refractivity contribution < 1.29 is 4.74 Å². The number of H-pyrrole nitrogens is 1. The van der Waals surface area contributed by atoms with Gasteiger partial charge in [0, 0.05) is 12.0 Å². The van der Waals surface area contributed by atoms with Crippen molar-refractivity contribution in [3.8, 4) is 0 Å². The first-order valence-corrected chi connectivity index (χ1v) is 7.48. The molecule has 1 aliphatic rings. The predicted octanol–water partition coefficient (Wildman–Crippen LogP) is 3.25. The Balaban J connectivity index is 2.54. The Labute approximate surface area is 122 Å². The molecular formula is C14H21BrN2O2. The lowest BCUT2D eigenvalue weighted by Crippen LogP contribution is -2.36. The zero-order valence-corrected chi connectivity index (χ0v) is 13.6. The van der Waals surface area contributed by atoms with Crippen LogP contribution < -0.4 is 5.56 Å². The van der Waals surface area contributed by atoms with Crippen LogP contribution in [0.25, 0.3) is 0 Å². The lowest BCUT2D eigenvalue weighted by molar-refractivity contribution is -0.0764. The first kappa shape index (κ1) is 14.7. The highest BCUT2D eigenvalue weighted by Gasteiger charge is 2.34. The lowest BCUT2D eigenvalue weighted by atomic mass is 9.90. The smallest absolute Gasteiger partial charge is 0.265 e. The zero-order valence-electron chi connectivity index (χ0n) is 12.0. The maximum absolute atomic E-state index is 12.1. The fourth-order valence-electron chi connectivity index (χ4n) is 2.33. The summed E-state index contributed by atoms with van der Waals surface area (Å²) < 4.78 is 6.38. The maximum Gasteiger partial charge on any atom is 0.265 e. The van der Waals surface area contributed by atoms with E-state index in [9.17, 15) is 4.79 Å². The molecule has 1 atom stereocenters. The molecule has 1 fully saturated rings. The molecule has 0 aliphatic carbocycles. The molecule has 0 amide bonds. The van der Waals surface area contributed by atoms with Gasteiger partial charge >= 0.3 is 0 Å². The van der Waals surface area contributed by atoms with E-state index in [1.165, 1.54) is 0 Å². The topological polar surface area (TPSA) is 55.0 Å². The number of nitrogens with one attached hydrogen (secondary N) is 1. The number of ether oxygens (including phenoxy) is 1. The summed E-state index contributed by atoms with van der Waals surface area (Å²) in [5, 5.41) is 0. The van der Waals surface area contributed by atoms with Gasteiger partial charge in [0.2, 0.25) is 0 Å². The second-order valence-electron chi connectivity index (χ2n) is 6.36. The first-order valence-electron chi connectivity index (χ1n) is 6.69. The first-order chi connectivity index (χ1) is 8.74. The van der Waals surface area contributed by atoms with Gasteiger partial charge in [0.05, 0.1) is 5.69 Å². The molecule has 0 radical (unpaired) electrons. The average Bonchev–Trinajstić information content (AvgIpc) is 2.31. The van der Waals surface area contributed by atoms with E-state index < -0.39 is 5.60 Å². The Bertz CT molecular complexity index is 525. The average molecular weight is 329 g/mol. The molecule has 4 nitrogen and oxygen atoms in total. The molecule has 0 saturated carbocycles. The molecule has 2 heterocycles. The summed E-state index contributed by atoms with van der Waals surface area (Å²) >= 11 is 3.34. The van der Waals surface area contributed by atoms with E-state index in [4.69, 9.17) is 4.74 Å². The molecule has 1 N–H and O–H groups in total. The molecule has 0 aromatic carbocycles. The minimum atomic E-state index is -0.474. The van der Waals surface area contributed by atoms with Crippen LogP contribution in [0.1, 0.15) is 58.5 Å². The summed E-state index contributed by atoms with van der Waals surface area (Å²) in [5.74, 6) is 0.644. The van der Waals surface area contributed by atoms with Crippen LogP contribution in [-0.2, 0) is 15.8 Å². The van der Waals surface area contributed by atoms with Crippen LogP contribution in [0.5, 0.6) is 0 Å². The monoisotopic (exact) mass is 328 g/mol. The number of aromatic nitrogens is 2. The van der Waals surface area contributed by atoms with Crippen LogP contribution in [0.15, 0.2) is 9.27 Å². The van der Waals surface area contributed by atoms with Crippen molar-refractivity contribution in [1.82, 2.24) is 9.97 Å². The quantitative estimate of drug-likeness (QED) is 0.860. The number of aromatic amines is 1. The van der Waals surface area contributed by atoms with Crippen LogP contribution in [-0.4, -0.2) is 16.6 Å². The van der Waals surface area contributed by atoms with Gasteiger partial charge in [0.15, 0.2) is 0 Å². The van der Waals surface area contributed by atoms with Crippen molar-refractivity contribution in [2.24, 2.45) is 0 Å². The van der Waals surface area contributed by atoms with Crippen molar-refractivity contribution in [3.63, 3.8) is 0 Å². The maximum atomic E-state index is 12.1. The highest BCUT2D eigenvalue weighted by molar-refractivity contribution is 9.10. The highest BCUT2D eigenvalue weighted by Crippen LogP contribution is 2.34. The molecule has 1 aliphatic heterocycles. The third-order valence-electron chi connectivity index (χ3n) is 3.54. The summed E-state index contributed by atoms with van der Waals surface area (Å²) in [5.41, 5.74) is -0.0164. The van der Waals surface area contributed by atoms with Gasteiger partial charge in [-0.3, -0.25) is 4.79 Å². The Morgan fingerprint density at radius 1 is 1.37 bits per heavy atom. The molecule has 19 heavy (non-hydrogen) atoms. The van der Waals surface area contributed by atoms with Crippen molar-refractivity contribution in [2.45, 2.75) is 58.0 Å². The second kappa shape index (κ2) is 5.02. The standard InChI is InChI=1S/C14H21BrN2O2/c1-13(2,3)10-9(15)11(18)17-12(16-10)14(4)7-5-6-8-19-14/h5-8H2,1-4H3,(H,16,17,18). The van der Waals surface area contributed by atoms with Gasteiger partial charge in [-0.25, -0.2) is 4.98 Å². The zero-order chi connectivity index (χ0) is 14.3. The van der Waals surface area contributed by atoms with Crippen LogP contribution in [0.2, 0.25) is 0 Å². The predicted molar refractivity (Wildman–Crippen MR) is 78.4 cm³/mol. The van der Waals surface area contributed by atoms with Gasteiger partial charge in [-0.05, 0) is 42.1 Å². The molecule has 1 aromatic heterocycles. The van der Waals surface area contributed by atoms with Crippen LogP contribution in [0, 0.1) is 0 Å². The van der Waals surface area contributed by atoms with E-state index >= 15 is 0 Å². The van der Waals surface area contributed by atoms with Gasteiger partial charge in [-0.15, -0.1) is 0 Å². The Morgan fingerprint density at radius 3 is 2.58 bits per heavy atom. The summed E-state index contributed by atoms with van der Waals surface area (Å²) in [7, 11) is 0. The second-order valence-corrected chi connectivity index (χ2v) is 7.16. The number of halogens is 1. The van der Waals surface area contributed by atoms with E-state index in [-0.39, 0.29) is 11.0 Å². The third-order valence-corrected chi connectivity index (χ3v) is 4.28. The fraction of sp³-hybridized carbons (Fsp3) is 0.714. The highest BCUT2D eigenvalue weighted by atomic mass is 79.9. The molecule has 0 bridgehead atoms. The lowest BCUT2D eigenvalue weighted by Gasteiger charge is -2.33. The normalized spacial score (nSPS) is 24.5. The fourth-order valence-corrected chi connectivity index (χ4v) is 3.11. The van der Waals surface area contributed by atoms with Gasteiger partial charge in [-0.1, -0.05) is 20.8 Å². The van der Waals surface area contributed by atoms with Gasteiger partial charge in [0.25, 0.3) is 5.56 Å². The number of nitrogens with zero attached hydrogens (tertiary/aromatic N) is 1. The molecule has 106 valence electrons. The van der Waals surface area contributed by atoms with E-state index in [0.29, 0.717) is 10.3 Å². The van der Waals surface area contributed by atoms with Gasteiger partial charge < -0.3 is 9.72 Å². The molecule has 5 heteroatoms. The van der Waals surface area contributed by atoms with E-state index in [2.05, 4.69) is 25.9 Å². The van der Waals surface area contributed by atoms with Crippen molar-refractivity contribution in [1.29, 1.82) is 0 Å². The SMILES string of the molecule is CC(C)(C)c1nc(C2(C)CCCCO2)[nH]c(=O)c1Br. The Hall–Kier alpha value is -0.680. The Morgan fingerprint density at radius 2 is 2.05 bits per heavy atom. The van der Waals surface area contributed by atoms with Crippen LogP contribution in [0.4, 0.5) is 0 Å². The summed E-state index contributed by atoms with van der Waals surface area (Å²) in [6, 6.07) is 0. The summed E-state index contributed by atoms with van der Waals surface area (Å²) in [4.78, 5) is 19.6. The third kappa shape index (κ3) is 2.92. The summed E-state index contributed by atoms with van der Waals surface area (Å²) in [6.45, 7) is 8.88. The van der Waals surface area contributed by atoms with Crippen molar-refractivity contribution in [3.05, 3.63) is 26.3 Å². The molecule has 1 aromatic rings. The van der Waals surface area contributed by atoms with Crippen LogP contribution in [0.3, 0.4) is 0 Å². The van der Waals surface area contributed by atoms with Crippen molar-refractivity contribution >= 4 is 15.9 Å². The van der Waals surface area contributed by atoms with Gasteiger partial charge in [-0.2, -0.15) is 0 Å². The molecular weight excluding hydrogens is 308 g/mol. The van der Waals surface area contributed by atoms with Gasteiger partial charge in [0.1, 0.15) is 15.9 Å². The minimum Gasteiger partial charge on any atom is -0.367 e. The molecule has 1 saturated heterocycles. The molecule has 2 rings (SSSR count). The number of hydrogen-bond donors (Lipinski definition) is 1. The Kier molecular flexibility index (Phi) is 3.89. The molecule has 1 unspecified atom stereocenters. The number of rotatable bonds is 1. The largest absolute Gasteiger partial charge is 0.367 e. The van der Waals surface area contributed by atoms with Crippen molar-refractivity contribution in [2.75, 3.05) is 6.61 Å². The van der Waals surface area contributed by atoms with Crippen LogP contribution >= 0.6 is 15.9 Å². The van der Waals surface area contributed by atoms with E-state index in [1.54, 1.807) is 0 Å². The minimum absolute atomic E-state index is 0.134. The molecule has 0 spiro atoms. The summed E-state index contributed by atoms with van der Waals surface area (Å²) in [6.07, 6.45) is 3.06. The number of hydrogen-bond acceptors (Lipinski definition) is 3. The van der Waals surface area contributed by atoms with E-state index in [1.807, 2.05) is 27.7 Å².